The number of rotatable bonds is 6. The van der Waals surface area contributed by atoms with Crippen LogP contribution in [0.5, 0.6) is 5.75 Å². The van der Waals surface area contributed by atoms with Gasteiger partial charge in [-0.15, -0.1) is 0 Å². The summed E-state index contributed by atoms with van der Waals surface area (Å²) in [6.07, 6.45) is 1.57. The third kappa shape index (κ3) is 4.98. The first-order valence-corrected chi connectivity index (χ1v) is 9.90. The zero-order valence-corrected chi connectivity index (χ0v) is 16.8. The molecule has 0 aliphatic heterocycles. The maximum atomic E-state index is 12.8. The van der Waals surface area contributed by atoms with Crippen molar-refractivity contribution < 1.29 is 9.53 Å². The number of amides is 1. The van der Waals surface area contributed by atoms with Crippen LogP contribution in [-0.2, 0) is 11.4 Å². The summed E-state index contributed by atoms with van der Waals surface area (Å²) in [4.78, 5) is 12.8. The number of hydrogen-bond acceptors (Lipinski definition) is 3. The summed E-state index contributed by atoms with van der Waals surface area (Å²) in [5, 5.41) is 14.4. The molecule has 0 spiro atoms. The minimum Gasteiger partial charge on any atom is -0.489 e. The van der Waals surface area contributed by atoms with Crippen LogP contribution in [0.4, 0.5) is 5.69 Å². The maximum Gasteiger partial charge on any atom is 0.266 e. The monoisotopic (exact) mass is 404 g/mol. The van der Waals surface area contributed by atoms with Crippen molar-refractivity contribution in [1.29, 1.82) is 5.26 Å². The lowest BCUT2D eigenvalue weighted by molar-refractivity contribution is -0.112. The number of nitrogens with zero attached hydrogens (tertiary/aromatic N) is 1. The molecule has 4 nitrogen and oxygen atoms in total. The highest BCUT2D eigenvalue weighted by atomic mass is 16.5. The number of anilines is 1. The first-order chi connectivity index (χ1) is 15.2. The largest absolute Gasteiger partial charge is 0.489 e. The van der Waals surface area contributed by atoms with Gasteiger partial charge in [0.25, 0.3) is 5.91 Å². The number of ether oxygens (including phenoxy) is 1. The van der Waals surface area contributed by atoms with Crippen LogP contribution in [0.3, 0.4) is 0 Å². The molecule has 0 saturated heterocycles. The maximum absolute atomic E-state index is 12.8. The summed E-state index contributed by atoms with van der Waals surface area (Å²) < 4.78 is 5.84. The van der Waals surface area contributed by atoms with Crippen molar-refractivity contribution in [3.8, 4) is 11.8 Å². The molecule has 4 aromatic carbocycles. The number of carbonyl (C=O) groups is 1. The molecule has 0 fully saturated rings. The van der Waals surface area contributed by atoms with E-state index in [2.05, 4.69) is 5.32 Å². The van der Waals surface area contributed by atoms with Crippen LogP contribution in [0, 0.1) is 11.3 Å². The van der Waals surface area contributed by atoms with Crippen molar-refractivity contribution in [2.75, 3.05) is 5.32 Å². The number of carbonyl (C=O) groups excluding carboxylic acids is 1. The van der Waals surface area contributed by atoms with Gasteiger partial charge in [0.05, 0.1) is 0 Å². The molecule has 0 radical (unpaired) electrons. The van der Waals surface area contributed by atoms with E-state index in [4.69, 9.17) is 4.74 Å². The molecule has 150 valence electrons. The van der Waals surface area contributed by atoms with Crippen molar-refractivity contribution in [3.63, 3.8) is 0 Å². The van der Waals surface area contributed by atoms with Gasteiger partial charge < -0.3 is 10.1 Å². The SMILES string of the molecule is N#C/C(=C\c1cccc(OCc2ccccc2)c1)C(=O)Nc1cccc2ccccc12. The summed E-state index contributed by atoms with van der Waals surface area (Å²) in [5.41, 5.74) is 2.48. The Hall–Kier alpha value is -4.36. The van der Waals surface area contributed by atoms with E-state index in [0.29, 0.717) is 18.0 Å². The fourth-order valence-corrected chi connectivity index (χ4v) is 3.27. The van der Waals surface area contributed by atoms with Crippen molar-refractivity contribution in [2.24, 2.45) is 0 Å². The molecule has 4 aromatic rings. The Labute approximate surface area is 181 Å². The second-order valence-electron chi connectivity index (χ2n) is 7.00. The van der Waals surface area contributed by atoms with Crippen LogP contribution in [0.15, 0.2) is 103 Å². The number of hydrogen-bond donors (Lipinski definition) is 1. The molecule has 4 heteroatoms. The Morgan fingerprint density at radius 1 is 0.903 bits per heavy atom. The summed E-state index contributed by atoms with van der Waals surface area (Å²) in [6.45, 7) is 0.445. The normalized spacial score (nSPS) is 11.0. The van der Waals surface area contributed by atoms with Gasteiger partial charge in [0.2, 0.25) is 0 Å². The molecule has 0 atom stereocenters. The molecule has 0 unspecified atom stereocenters. The van der Waals surface area contributed by atoms with Crippen LogP contribution >= 0.6 is 0 Å². The van der Waals surface area contributed by atoms with Crippen molar-refractivity contribution >= 4 is 28.4 Å². The minimum absolute atomic E-state index is 0.0214. The number of nitriles is 1. The van der Waals surface area contributed by atoms with E-state index < -0.39 is 5.91 Å². The number of benzene rings is 4. The average Bonchev–Trinajstić information content (AvgIpc) is 2.82. The summed E-state index contributed by atoms with van der Waals surface area (Å²) in [5.74, 6) is 0.221. The molecule has 0 aliphatic rings. The molecule has 1 N–H and O–H groups in total. The van der Waals surface area contributed by atoms with Crippen LogP contribution in [0.25, 0.3) is 16.8 Å². The predicted octanol–water partition coefficient (Wildman–Crippen LogP) is 5.96. The molecule has 31 heavy (non-hydrogen) atoms. The molecule has 4 rings (SSSR count). The molecule has 0 saturated carbocycles. The van der Waals surface area contributed by atoms with Gasteiger partial charge in [0.15, 0.2) is 0 Å². The van der Waals surface area contributed by atoms with Crippen molar-refractivity contribution in [3.05, 3.63) is 114 Å². The second-order valence-corrected chi connectivity index (χ2v) is 7.00. The highest BCUT2D eigenvalue weighted by Crippen LogP contribution is 2.24. The molecule has 0 aliphatic carbocycles. The Balaban J connectivity index is 1.51. The quantitative estimate of drug-likeness (QED) is 0.318. The van der Waals surface area contributed by atoms with Gasteiger partial charge in [0, 0.05) is 11.1 Å². The van der Waals surface area contributed by atoms with E-state index in [1.54, 1.807) is 6.08 Å². The Bertz CT molecular complexity index is 1280. The van der Waals surface area contributed by atoms with E-state index in [1.807, 2.05) is 103 Å². The minimum atomic E-state index is -0.450. The molecular formula is C27H20N2O2. The predicted molar refractivity (Wildman–Crippen MR) is 123 cm³/mol. The molecule has 1 amide bonds. The zero-order chi connectivity index (χ0) is 21.5. The molecule has 0 aromatic heterocycles. The fourth-order valence-electron chi connectivity index (χ4n) is 3.27. The Kier molecular flexibility index (Phi) is 6.06. The number of fused-ring (bicyclic) bond motifs is 1. The Morgan fingerprint density at radius 2 is 1.65 bits per heavy atom. The standard InChI is InChI=1S/C27H20N2O2/c28-18-23(27(30)29-26-15-7-12-22-11-4-5-14-25(22)26)16-21-10-6-13-24(17-21)31-19-20-8-2-1-3-9-20/h1-17H,19H2,(H,29,30)/b23-16+. The first kappa shape index (κ1) is 19.9. The fraction of sp³-hybridized carbons (Fsp3) is 0.0370. The van der Waals surface area contributed by atoms with Crippen LogP contribution in [0.2, 0.25) is 0 Å². The lowest BCUT2D eigenvalue weighted by Crippen LogP contribution is -2.13. The Morgan fingerprint density at radius 3 is 2.48 bits per heavy atom. The zero-order valence-electron chi connectivity index (χ0n) is 16.8. The summed E-state index contributed by atoms with van der Waals surface area (Å²) in [6, 6.07) is 32.7. The van der Waals surface area contributed by atoms with Gasteiger partial charge in [-0.25, -0.2) is 0 Å². The molecule has 0 bridgehead atoms. The van der Waals surface area contributed by atoms with E-state index >= 15 is 0 Å². The third-order valence-electron chi connectivity index (χ3n) is 4.82. The van der Waals surface area contributed by atoms with E-state index in [-0.39, 0.29) is 5.57 Å². The van der Waals surface area contributed by atoms with Gasteiger partial charge >= 0.3 is 0 Å². The lowest BCUT2D eigenvalue weighted by Gasteiger charge is -2.09. The second kappa shape index (κ2) is 9.43. The molecular weight excluding hydrogens is 384 g/mol. The van der Waals surface area contributed by atoms with Gasteiger partial charge in [0.1, 0.15) is 24.0 Å². The van der Waals surface area contributed by atoms with Gasteiger partial charge in [-0.3, -0.25) is 4.79 Å². The summed E-state index contributed by atoms with van der Waals surface area (Å²) in [7, 11) is 0. The summed E-state index contributed by atoms with van der Waals surface area (Å²) >= 11 is 0. The highest BCUT2D eigenvalue weighted by Gasteiger charge is 2.11. The van der Waals surface area contributed by atoms with Crippen LogP contribution in [-0.4, -0.2) is 5.91 Å². The number of nitrogens with one attached hydrogen (secondary N) is 1. The first-order valence-electron chi connectivity index (χ1n) is 9.90. The highest BCUT2D eigenvalue weighted by molar-refractivity contribution is 6.12. The lowest BCUT2D eigenvalue weighted by atomic mass is 10.1. The van der Waals surface area contributed by atoms with Gasteiger partial charge in [-0.1, -0.05) is 78.9 Å². The average molecular weight is 404 g/mol. The van der Waals surface area contributed by atoms with Crippen LogP contribution in [0.1, 0.15) is 11.1 Å². The van der Waals surface area contributed by atoms with E-state index in [0.717, 1.165) is 21.9 Å². The smallest absolute Gasteiger partial charge is 0.266 e. The van der Waals surface area contributed by atoms with Crippen molar-refractivity contribution in [1.82, 2.24) is 0 Å². The topological polar surface area (TPSA) is 62.1 Å². The van der Waals surface area contributed by atoms with E-state index in [9.17, 15) is 10.1 Å². The third-order valence-corrected chi connectivity index (χ3v) is 4.82. The van der Waals surface area contributed by atoms with Crippen molar-refractivity contribution in [2.45, 2.75) is 6.61 Å². The van der Waals surface area contributed by atoms with Crippen LogP contribution < -0.4 is 10.1 Å². The molecule has 0 heterocycles. The van der Waals surface area contributed by atoms with Gasteiger partial charge in [-0.2, -0.15) is 5.26 Å². The van der Waals surface area contributed by atoms with E-state index in [1.165, 1.54) is 0 Å². The van der Waals surface area contributed by atoms with Gasteiger partial charge in [-0.05, 0) is 40.8 Å².